The van der Waals surface area contributed by atoms with E-state index in [9.17, 15) is 13.5 Å². The highest BCUT2D eigenvalue weighted by atomic mass is 32.2. The van der Waals surface area contributed by atoms with Crippen LogP contribution >= 0.6 is 11.3 Å². The third-order valence-electron chi connectivity index (χ3n) is 2.68. The monoisotopic (exact) mass is 297 g/mol. The fraction of sp³-hybridized carbons (Fsp3) is 0.231. The van der Waals surface area contributed by atoms with Crippen LogP contribution in [0.4, 0.5) is 0 Å². The lowest BCUT2D eigenvalue weighted by molar-refractivity contribution is 0.0795. The Labute approximate surface area is 116 Å². The minimum absolute atomic E-state index is 0.0588. The summed E-state index contributed by atoms with van der Waals surface area (Å²) in [6.45, 7) is 3.24. The minimum Gasteiger partial charge on any atom is -0.386 e. The molecule has 0 bridgehead atoms. The Bertz CT molecular complexity index is 682. The lowest BCUT2D eigenvalue weighted by Crippen LogP contribution is -2.16. The number of thiophene rings is 1. The van der Waals surface area contributed by atoms with Gasteiger partial charge >= 0.3 is 0 Å². The molecule has 0 atom stereocenters. The molecule has 0 saturated carbocycles. The molecular formula is C13H15NO3S2. The van der Waals surface area contributed by atoms with E-state index in [2.05, 4.69) is 0 Å². The summed E-state index contributed by atoms with van der Waals surface area (Å²) in [7, 11) is -3.77. The Morgan fingerprint density at radius 3 is 2.26 bits per heavy atom. The maximum Gasteiger partial charge on any atom is 0.247 e. The van der Waals surface area contributed by atoms with Gasteiger partial charge in [0, 0.05) is 10.4 Å². The van der Waals surface area contributed by atoms with Crippen molar-refractivity contribution in [3.63, 3.8) is 0 Å². The Balaban J connectivity index is 2.70. The summed E-state index contributed by atoms with van der Waals surface area (Å²) in [5.74, 6) is 0. The first-order chi connectivity index (χ1) is 8.69. The van der Waals surface area contributed by atoms with Crippen molar-refractivity contribution in [2.45, 2.75) is 23.7 Å². The zero-order valence-electron chi connectivity index (χ0n) is 10.6. The lowest BCUT2D eigenvalue weighted by atomic mass is 9.96. The van der Waals surface area contributed by atoms with Gasteiger partial charge in [-0.25, -0.2) is 13.6 Å². The van der Waals surface area contributed by atoms with Crippen molar-refractivity contribution in [3.05, 3.63) is 42.0 Å². The first kappa shape index (κ1) is 14.2. The van der Waals surface area contributed by atoms with Crippen molar-refractivity contribution in [2.24, 2.45) is 5.14 Å². The number of aliphatic hydroxyl groups is 1. The quantitative estimate of drug-likeness (QED) is 0.912. The van der Waals surface area contributed by atoms with Crippen molar-refractivity contribution in [1.29, 1.82) is 0 Å². The lowest BCUT2D eigenvalue weighted by Gasteiger charge is -2.18. The second kappa shape index (κ2) is 4.72. The molecule has 0 amide bonds. The predicted molar refractivity (Wildman–Crippen MR) is 76.4 cm³/mol. The molecule has 0 spiro atoms. The van der Waals surface area contributed by atoms with Gasteiger partial charge in [-0.1, -0.05) is 30.3 Å². The summed E-state index contributed by atoms with van der Waals surface area (Å²) in [5.41, 5.74) is 0.289. The molecule has 0 fully saturated rings. The molecule has 0 aliphatic heterocycles. The van der Waals surface area contributed by atoms with Crippen molar-refractivity contribution in [3.8, 4) is 10.4 Å². The highest BCUT2D eigenvalue weighted by molar-refractivity contribution is 7.91. The molecule has 19 heavy (non-hydrogen) atoms. The second-order valence-electron chi connectivity index (χ2n) is 4.78. The van der Waals surface area contributed by atoms with Crippen LogP contribution in [0.15, 0.2) is 40.6 Å². The summed E-state index contributed by atoms with van der Waals surface area (Å²) in [5, 5.41) is 15.3. The van der Waals surface area contributed by atoms with Crippen molar-refractivity contribution < 1.29 is 13.5 Å². The third kappa shape index (κ3) is 3.03. The van der Waals surface area contributed by atoms with E-state index in [4.69, 9.17) is 5.14 Å². The van der Waals surface area contributed by atoms with E-state index >= 15 is 0 Å². The average Bonchev–Trinajstić information content (AvgIpc) is 2.74. The van der Waals surface area contributed by atoms with Crippen molar-refractivity contribution >= 4 is 21.4 Å². The van der Waals surface area contributed by atoms with E-state index in [-0.39, 0.29) is 4.21 Å². The van der Waals surface area contributed by atoms with Gasteiger partial charge in [0.2, 0.25) is 10.0 Å². The highest BCUT2D eigenvalue weighted by Gasteiger charge is 2.26. The molecule has 3 N–H and O–H groups in total. The summed E-state index contributed by atoms with van der Waals surface area (Å²) >= 11 is 1.07. The van der Waals surface area contributed by atoms with Gasteiger partial charge in [-0.05, 0) is 25.5 Å². The number of primary sulfonamides is 1. The normalized spacial score (nSPS) is 12.6. The number of rotatable bonds is 3. The van der Waals surface area contributed by atoms with Crippen LogP contribution in [-0.4, -0.2) is 13.5 Å². The molecule has 1 aromatic carbocycles. The molecule has 0 aliphatic carbocycles. The first-order valence-corrected chi connectivity index (χ1v) is 8.01. The maximum absolute atomic E-state index is 11.5. The fourth-order valence-electron chi connectivity index (χ4n) is 1.77. The third-order valence-corrected chi connectivity index (χ3v) is 5.29. The largest absolute Gasteiger partial charge is 0.386 e. The summed E-state index contributed by atoms with van der Waals surface area (Å²) in [4.78, 5) is 0.720. The molecule has 6 heteroatoms. The molecule has 2 aromatic rings. The number of hydrogen-bond donors (Lipinski definition) is 2. The van der Waals surface area contributed by atoms with Gasteiger partial charge in [0.25, 0.3) is 0 Å². The van der Waals surface area contributed by atoms with E-state index in [0.717, 1.165) is 21.8 Å². The van der Waals surface area contributed by atoms with Gasteiger partial charge in [-0.3, -0.25) is 0 Å². The van der Waals surface area contributed by atoms with Gasteiger partial charge < -0.3 is 5.11 Å². The SMILES string of the molecule is CC(C)(O)c1cc(S(N)(=O)=O)sc1-c1ccccc1. The molecule has 1 aromatic heterocycles. The van der Waals surface area contributed by atoms with Crippen LogP contribution in [0.2, 0.25) is 0 Å². The fourth-order valence-corrected chi connectivity index (χ4v) is 3.81. The van der Waals surface area contributed by atoms with Crippen LogP contribution in [0, 0.1) is 0 Å². The van der Waals surface area contributed by atoms with Gasteiger partial charge in [0.15, 0.2) is 0 Å². The van der Waals surface area contributed by atoms with Crippen LogP contribution in [0.3, 0.4) is 0 Å². The topological polar surface area (TPSA) is 80.4 Å². The maximum atomic E-state index is 11.5. The molecule has 2 rings (SSSR count). The molecule has 1 heterocycles. The summed E-state index contributed by atoms with van der Waals surface area (Å²) < 4.78 is 23.0. The van der Waals surface area contributed by atoms with Gasteiger partial charge in [-0.15, -0.1) is 11.3 Å². The summed E-state index contributed by atoms with van der Waals surface area (Å²) in [6.07, 6.45) is 0. The Morgan fingerprint density at radius 2 is 1.79 bits per heavy atom. The standard InChI is InChI=1S/C13H15NO3S2/c1-13(2,15)10-8-11(19(14,16)17)18-12(10)9-6-4-3-5-7-9/h3-8,15H,1-2H3,(H2,14,16,17). The van der Waals surface area contributed by atoms with Gasteiger partial charge in [0.1, 0.15) is 4.21 Å². The van der Waals surface area contributed by atoms with Crippen LogP contribution < -0.4 is 5.14 Å². The minimum atomic E-state index is -3.77. The molecule has 0 saturated heterocycles. The molecule has 0 aliphatic rings. The average molecular weight is 297 g/mol. The van der Waals surface area contributed by atoms with Crippen LogP contribution in [0.1, 0.15) is 19.4 Å². The summed E-state index contributed by atoms with van der Waals surface area (Å²) in [6, 6.07) is 10.8. The van der Waals surface area contributed by atoms with E-state index in [1.807, 2.05) is 30.3 Å². The molecular weight excluding hydrogens is 282 g/mol. The van der Waals surface area contributed by atoms with Crippen LogP contribution in [0.5, 0.6) is 0 Å². The number of benzene rings is 1. The van der Waals surface area contributed by atoms with Crippen LogP contribution in [0.25, 0.3) is 10.4 Å². The number of sulfonamides is 1. The van der Waals surface area contributed by atoms with Gasteiger partial charge in [0.05, 0.1) is 5.60 Å². The first-order valence-electron chi connectivity index (χ1n) is 5.64. The van der Waals surface area contributed by atoms with E-state index < -0.39 is 15.6 Å². The Hall–Kier alpha value is -1.21. The number of hydrogen-bond acceptors (Lipinski definition) is 4. The molecule has 0 unspecified atom stereocenters. The van der Waals surface area contributed by atoms with Crippen molar-refractivity contribution in [2.75, 3.05) is 0 Å². The molecule has 102 valence electrons. The van der Waals surface area contributed by atoms with E-state index in [0.29, 0.717) is 5.56 Å². The van der Waals surface area contributed by atoms with Gasteiger partial charge in [-0.2, -0.15) is 0 Å². The molecule has 0 radical (unpaired) electrons. The Kier molecular flexibility index (Phi) is 3.53. The highest BCUT2D eigenvalue weighted by Crippen LogP contribution is 2.39. The Morgan fingerprint density at radius 1 is 1.21 bits per heavy atom. The zero-order valence-corrected chi connectivity index (χ0v) is 12.3. The van der Waals surface area contributed by atoms with Crippen LogP contribution in [-0.2, 0) is 15.6 Å². The predicted octanol–water partition coefficient (Wildman–Crippen LogP) is 2.29. The van der Waals surface area contributed by atoms with E-state index in [1.165, 1.54) is 6.07 Å². The smallest absolute Gasteiger partial charge is 0.247 e. The van der Waals surface area contributed by atoms with Crippen molar-refractivity contribution in [1.82, 2.24) is 0 Å². The zero-order chi connectivity index (χ0) is 14.3. The van der Waals surface area contributed by atoms with E-state index in [1.54, 1.807) is 13.8 Å². The number of nitrogens with two attached hydrogens (primary N) is 1. The second-order valence-corrected chi connectivity index (χ2v) is 7.62. The molecule has 4 nitrogen and oxygen atoms in total.